The van der Waals surface area contributed by atoms with Crippen molar-refractivity contribution in [1.29, 1.82) is 0 Å². The van der Waals surface area contributed by atoms with Crippen LogP contribution in [0.4, 0.5) is 5.95 Å². The van der Waals surface area contributed by atoms with Gasteiger partial charge >= 0.3 is 0 Å². The van der Waals surface area contributed by atoms with Crippen molar-refractivity contribution in [2.45, 2.75) is 19.8 Å². The van der Waals surface area contributed by atoms with Crippen LogP contribution >= 0.6 is 0 Å². The zero-order valence-electron chi connectivity index (χ0n) is 13.6. The molecule has 0 aliphatic carbocycles. The molecule has 0 bridgehead atoms. The van der Waals surface area contributed by atoms with Crippen molar-refractivity contribution in [2.75, 3.05) is 18.0 Å². The number of aromatic amines is 1. The molecule has 3 heterocycles. The second-order valence-corrected chi connectivity index (χ2v) is 6.04. The number of nitrogens with one attached hydrogen (secondary N) is 1. The van der Waals surface area contributed by atoms with E-state index in [4.69, 9.17) is 0 Å². The fraction of sp³-hybridized carbons (Fsp3) is 0.278. The molecule has 24 heavy (non-hydrogen) atoms. The molecule has 1 aromatic carbocycles. The number of benzene rings is 1. The van der Waals surface area contributed by atoms with Crippen LogP contribution in [-0.2, 0) is 0 Å². The number of H-pyrrole nitrogens is 1. The van der Waals surface area contributed by atoms with Crippen molar-refractivity contribution < 1.29 is 0 Å². The van der Waals surface area contributed by atoms with Crippen LogP contribution in [0.15, 0.2) is 47.4 Å². The van der Waals surface area contributed by atoms with Crippen LogP contribution in [0.25, 0.3) is 16.9 Å². The quantitative estimate of drug-likeness (QED) is 0.805. The molecule has 1 aliphatic rings. The average molecular weight is 321 g/mol. The van der Waals surface area contributed by atoms with Gasteiger partial charge in [0, 0.05) is 30.9 Å². The molecule has 0 amide bonds. The topological polar surface area (TPSA) is 66.8 Å². The summed E-state index contributed by atoms with van der Waals surface area (Å²) >= 11 is 0. The Bertz CT molecular complexity index is 907. The van der Waals surface area contributed by atoms with E-state index in [-0.39, 0.29) is 5.56 Å². The van der Waals surface area contributed by atoms with Gasteiger partial charge in [0.1, 0.15) is 0 Å². The van der Waals surface area contributed by atoms with E-state index in [1.807, 2.05) is 37.3 Å². The third-order valence-electron chi connectivity index (χ3n) is 4.38. The van der Waals surface area contributed by atoms with E-state index in [0.717, 1.165) is 41.7 Å². The van der Waals surface area contributed by atoms with E-state index in [0.29, 0.717) is 0 Å². The molecule has 1 fully saturated rings. The van der Waals surface area contributed by atoms with Crippen LogP contribution in [-0.4, -0.2) is 32.8 Å². The monoisotopic (exact) mass is 321 g/mol. The number of anilines is 1. The lowest BCUT2D eigenvalue weighted by Crippen LogP contribution is -2.20. The van der Waals surface area contributed by atoms with E-state index in [9.17, 15) is 4.79 Å². The van der Waals surface area contributed by atoms with Crippen molar-refractivity contribution in [3.05, 3.63) is 58.6 Å². The summed E-state index contributed by atoms with van der Waals surface area (Å²) in [5.74, 6) is 0.776. The summed E-state index contributed by atoms with van der Waals surface area (Å²) in [6, 6.07) is 11.1. The zero-order valence-corrected chi connectivity index (χ0v) is 13.6. The van der Waals surface area contributed by atoms with E-state index in [2.05, 4.69) is 20.0 Å². The SMILES string of the molecule is Cc1nc(N2CCCC2)ncc1-c1cc(=O)n(-c2ccccc2)[nH]1. The molecule has 0 radical (unpaired) electrons. The Hall–Kier alpha value is -2.89. The molecular weight excluding hydrogens is 302 g/mol. The molecule has 4 rings (SSSR count). The highest BCUT2D eigenvalue weighted by Crippen LogP contribution is 2.22. The van der Waals surface area contributed by atoms with Crippen LogP contribution < -0.4 is 10.5 Å². The summed E-state index contributed by atoms with van der Waals surface area (Å²) in [5, 5.41) is 3.15. The minimum atomic E-state index is -0.0979. The zero-order chi connectivity index (χ0) is 16.5. The lowest BCUT2D eigenvalue weighted by Gasteiger charge is -2.16. The Labute approximate surface area is 139 Å². The maximum Gasteiger partial charge on any atom is 0.271 e. The Kier molecular flexibility index (Phi) is 3.65. The fourth-order valence-corrected chi connectivity index (χ4v) is 3.09. The molecule has 6 nitrogen and oxygen atoms in total. The van der Waals surface area contributed by atoms with Gasteiger partial charge in [0.05, 0.1) is 17.1 Å². The highest BCUT2D eigenvalue weighted by molar-refractivity contribution is 5.61. The Morgan fingerprint density at radius 3 is 2.58 bits per heavy atom. The number of nitrogens with zero attached hydrogens (tertiary/aromatic N) is 4. The van der Waals surface area contributed by atoms with Crippen molar-refractivity contribution >= 4 is 5.95 Å². The first-order valence-electron chi connectivity index (χ1n) is 8.19. The summed E-state index contributed by atoms with van der Waals surface area (Å²) in [5.41, 5.74) is 3.16. The molecule has 0 atom stereocenters. The number of aromatic nitrogens is 4. The largest absolute Gasteiger partial charge is 0.341 e. The molecule has 0 spiro atoms. The summed E-state index contributed by atoms with van der Waals surface area (Å²) < 4.78 is 1.53. The predicted octanol–water partition coefficient (Wildman–Crippen LogP) is 2.53. The van der Waals surface area contributed by atoms with Gasteiger partial charge in [0.25, 0.3) is 5.56 Å². The van der Waals surface area contributed by atoms with Crippen LogP contribution in [0.3, 0.4) is 0 Å². The smallest absolute Gasteiger partial charge is 0.271 e. The molecule has 2 aromatic heterocycles. The number of para-hydroxylation sites is 1. The van der Waals surface area contributed by atoms with E-state index < -0.39 is 0 Å². The normalized spacial score (nSPS) is 14.3. The summed E-state index contributed by atoms with van der Waals surface area (Å²) in [7, 11) is 0. The summed E-state index contributed by atoms with van der Waals surface area (Å²) in [6.07, 6.45) is 4.19. The first-order valence-corrected chi connectivity index (χ1v) is 8.19. The van der Waals surface area contributed by atoms with Gasteiger partial charge < -0.3 is 4.90 Å². The van der Waals surface area contributed by atoms with E-state index >= 15 is 0 Å². The Morgan fingerprint density at radius 1 is 1.12 bits per heavy atom. The maximum absolute atomic E-state index is 12.3. The number of rotatable bonds is 3. The van der Waals surface area contributed by atoms with Gasteiger partial charge in [0.2, 0.25) is 5.95 Å². The lowest BCUT2D eigenvalue weighted by molar-refractivity contribution is 0.849. The maximum atomic E-state index is 12.3. The predicted molar refractivity (Wildman–Crippen MR) is 93.6 cm³/mol. The third-order valence-corrected chi connectivity index (χ3v) is 4.38. The van der Waals surface area contributed by atoms with Crippen molar-refractivity contribution in [1.82, 2.24) is 19.7 Å². The highest BCUT2D eigenvalue weighted by atomic mass is 16.1. The van der Waals surface area contributed by atoms with Crippen molar-refractivity contribution in [3.8, 4) is 16.9 Å². The van der Waals surface area contributed by atoms with Gasteiger partial charge in [0.15, 0.2) is 0 Å². The minimum Gasteiger partial charge on any atom is -0.341 e. The molecule has 6 heteroatoms. The lowest BCUT2D eigenvalue weighted by atomic mass is 10.2. The van der Waals surface area contributed by atoms with Gasteiger partial charge in [-0.05, 0) is 31.9 Å². The first-order chi connectivity index (χ1) is 11.7. The van der Waals surface area contributed by atoms with Gasteiger partial charge in [-0.2, -0.15) is 0 Å². The molecule has 1 aliphatic heterocycles. The molecule has 122 valence electrons. The van der Waals surface area contributed by atoms with Crippen molar-refractivity contribution in [3.63, 3.8) is 0 Å². The van der Waals surface area contributed by atoms with E-state index in [1.54, 1.807) is 12.3 Å². The van der Waals surface area contributed by atoms with E-state index in [1.165, 1.54) is 17.5 Å². The van der Waals surface area contributed by atoms with Gasteiger partial charge in [-0.1, -0.05) is 18.2 Å². The summed E-state index contributed by atoms with van der Waals surface area (Å²) in [4.78, 5) is 23.6. The second kappa shape index (κ2) is 5.96. The summed E-state index contributed by atoms with van der Waals surface area (Å²) in [6.45, 7) is 3.98. The number of hydrogen-bond acceptors (Lipinski definition) is 4. The highest BCUT2D eigenvalue weighted by Gasteiger charge is 2.17. The standard InChI is InChI=1S/C18H19N5O/c1-13-15(12-19-18(20-13)22-9-5-6-10-22)16-11-17(24)23(21-16)14-7-3-2-4-8-14/h2-4,7-8,11-12,21H,5-6,9-10H2,1H3. The molecule has 0 unspecified atom stereocenters. The molecule has 3 aromatic rings. The molecule has 0 saturated carbocycles. The Balaban J connectivity index is 1.70. The van der Waals surface area contributed by atoms with Crippen molar-refractivity contribution in [2.24, 2.45) is 0 Å². The number of hydrogen-bond donors (Lipinski definition) is 1. The average Bonchev–Trinajstić information content (AvgIpc) is 3.25. The minimum absolute atomic E-state index is 0.0979. The van der Waals surface area contributed by atoms with Crippen LogP contribution in [0.5, 0.6) is 0 Å². The van der Waals surface area contributed by atoms with Gasteiger partial charge in [-0.3, -0.25) is 9.89 Å². The fourth-order valence-electron chi connectivity index (χ4n) is 3.09. The van der Waals surface area contributed by atoms with Gasteiger partial charge in [-0.25, -0.2) is 14.6 Å². The third kappa shape index (κ3) is 2.60. The first kappa shape index (κ1) is 14.7. The molecule has 1 saturated heterocycles. The molecule has 1 N–H and O–H groups in total. The molecular formula is C18H19N5O. The Morgan fingerprint density at radius 2 is 1.88 bits per heavy atom. The van der Waals surface area contributed by atoms with Crippen LogP contribution in [0, 0.1) is 6.92 Å². The number of aryl methyl sites for hydroxylation is 1. The van der Waals surface area contributed by atoms with Crippen LogP contribution in [0.2, 0.25) is 0 Å². The van der Waals surface area contributed by atoms with Gasteiger partial charge in [-0.15, -0.1) is 0 Å². The van der Waals surface area contributed by atoms with Crippen LogP contribution in [0.1, 0.15) is 18.5 Å². The second-order valence-electron chi connectivity index (χ2n) is 6.04.